The average molecular weight is 293 g/mol. The van der Waals surface area contributed by atoms with Gasteiger partial charge in [0.15, 0.2) is 0 Å². The van der Waals surface area contributed by atoms with Crippen LogP contribution in [-0.2, 0) is 5.41 Å². The van der Waals surface area contributed by atoms with Gasteiger partial charge in [-0.3, -0.25) is 0 Å². The van der Waals surface area contributed by atoms with E-state index >= 15 is 0 Å². The van der Waals surface area contributed by atoms with Crippen LogP contribution < -0.4 is 10.1 Å². The summed E-state index contributed by atoms with van der Waals surface area (Å²) in [6.45, 7) is 12.0. The number of benzene rings is 1. The van der Waals surface area contributed by atoms with Gasteiger partial charge >= 0.3 is 0 Å². The lowest BCUT2D eigenvalue weighted by molar-refractivity contribution is 0.189. The molecule has 0 heterocycles. The van der Waals surface area contributed by atoms with Crippen LogP contribution in [0.5, 0.6) is 5.75 Å². The summed E-state index contributed by atoms with van der Waals surface area (Å²) in [6.07, 6.45) is 1.13. The molecule has 1 atom stereocenters. The van der Waals surface area contributed by atoms with Gasteiger partial charge in [-0.05, 0) is 42.0 Å². The Morgan fingerprint density at radius 3 is 2.10 bits per heavy atom. The highest BCUT2D eigenvalue weighted by Crippen LogP contribution is 2.36. The summed E-state index contributed by atoms with van der Waals surface area (Å²) in [5.41, 5.74) is 1.78. The topological polar surface area (TPSA) is 41.5 Å². The van der Waals surface area contributed by atoms with Gasteiger partial charge in [0.1, 0.15) is 12.4 Å². The summed E-state index contributed by atoms with van der Waals surface area (Å²) in [7, 11) is 1.82. The number of ether oxygens (including phenoxy) is 1. The zero-order valence-electron chi connectivity index (χ0n) is 14.4. The molecule has 0 aliphatic carbocycles. The largest absolute Gasteiger partial charge is 0.492 e. The Morgan fingerprint density at radius 1 is 1.10 bits per heavy atom. The molecule has 0 aliphatic rings. The summed E-state index contributed by atoms with van der Waals surface area (Å²) in [6, 6.07) is 8.30. The number of hydrogen-bond acceptors (Lipinski definition) is 3. The first-order valence-electron chi connectivity index (χ1n) is 7.69. The van der Waals surface area contributed by atoms with E-state index in [0.29, 0.717) is 12.0 Å². The van der Waals surface area contributed by atoms with Crippen LogP contribution in [0.25, 0.3) is 0 Å². The SMILES string of the molecule is CNC(CO)COc1ccc(C(C)(C)CC(C)(C)C)cc1. The Balaban J connectivity index is 2.69. The molecule has 0 saturated carbocycles. The van der Waals surface area contributed by atoms with E-state index < -0.39 is 0 Å². The molecule has 1 unspecified atom stereocenters. The smallest absolute Gasteiger partial charge is 0.119 e. The van der Waals surface area contributed by atoms with Crippen molar-refractivity contribution in [2.24, 2.45) is 5.41 Å². The van der Waals surface area contributed by atoms with E-state index in [-0.39, 0.29) is 18.1 Å². The Kier molecular flexibility index (Phi) is 6.24. The molecule has 1 aromatic carbocycles. The first-order chi connectivity index (χ1) is 9.68. The third kappa shape index (κ3) is 6.06. The maximum Gasteiger partial charge on any atom is 0.119 e. The van der Waals surface area contributed by atoms with E-state index in [9.17, 15) is 0 Å². The standard InChI is InChI=1S/C18H31NO2/c1-17(2,3)13-18(4,5)14-7-9-16(10-8-14)21-12-15(11-20)19-6/h7-10,15,19-20H,11-13H2,1-6H3. The quantitative estimate of drug-likeness (QED) is 0.810. The number of hydrogen-bond donors (Lipinski definition) is 2. The number of rotatable bonds is 7. The van der Waals surface area contributed by atoms with E-state index in [0.717, 1.165) is 12.2 Å². The van der Waals surface area contributed by atoms with Gasteiger partial charge < -0.3 is 15.2 Å². The van der Waals surface area contributed by atoms with Crippen molar-refractivity contribution in [3.8, 4) is 5.75 Å². The van der Waals surface area contributed by atoms with E-state index in [2.05, 4.69) is 52.1 Å². The summed E-state index contributed by atoms with van der Waals surface area (Å²) in [5, 5.41) is 12.1. The molecule has 0 spiro atoms. The molecule has 0 aromatic heterocycles. The van der Waals surface area contributed by atoms with E-state index in [1.165, 1.54) is 5.56 Å². The second-order valence-corrected chi connectivity index (χ2v) is 7.62. The highest BCUT2D eigenvalue weighted by atomic mass is 16.5. The molecule has 21 heavy (non-hydrogen) atoms. The van der Waals surface area contributed by atoms with Crippen molar-refractivity contribution >= 4 is 0 Å². The van der Waals surface area contributed by atoms with E-state index in [1.807, 2.05) is 19.2 Å². The number of nitrogens with one attached hydrogen (secondary N) is 1. The van der Waals surface area contributed by atoms with Crippen molar-refractivity contribution in [3.05, 3.63) is 29.8 Å². The van der Waals surface area contributed by atoms with Crippen LogP contribution in [0.3, 0.4) is 0 Å². The minimum atomic E-state index is -0.0259. The van der Waals surface area contributed by atoms with Crippen LogP contribution in [0.2, 0.25) is 0 Å². The summed E-state index contributed by atoms with van der Waals surface area (Å²) in [5.74, 6) is 0.846. The normalized spacial score (nSPS) is 14.0. The molecule has 3 heteroatoms. The maximum absolute atomic E-state index is 9.12. The lowest BCUT2D eigenvalue weighted by Gasteiger charge is -2.33. The second-order valence-electron chi connectivity index (χ2n) is 7.62. The van der Waals surface area contributed by atoms with Gasteiger partial charge in [0.2, 0.25) is 0 Å². The molecule has 0 bridgehead atoms. The lowest BCUT2D eigenvalue weighted by atomic mass is 9.72. The molecule has 0 radical (unpaired) electrons. The van der Waals surface area contributed by atoms with Crippen LogP contribution in [0.4, 0.5) is 0 Å². The van der Waals surface area contributed by atoms with E-state index in [4.69, 9.17) is 9.84 Å². The van der Waals surface area contributed by atoms with Crippen molar-refractivity contribution in [1.82, 2.24) is 5.32 Å². The molecule has 0 amide bonds. The zero-order chi connectivity index (χ0) is 16.1. The van der Waals surface area contributed by atoms with Crippen LogP contribution in [0.15, 0.2) is 24.3 Å². The maximum atomic E-state index is 9.12. The monoisotopic (exact) mass is 293 g/mol. The van der Waals surface area contributed by atoms with Gasteiger partial charge in [0.05, 0.1) is 12.6 Å². The van der Waals surface area contributed by atoms with Crippen LogP contribution >= 0.6 is 0 Å². The van der Waals surface area contributed by atoms with E-state index in [1.54, 1.807) is 0 Å². The van der Waals surface area contributed by atoms with Gasteiger partial charge in [-0.2, -0.15) is 0 Å². The third-order valence-corrected chi connectivity index (χ3v) is 3.69. The molecule has 120 valence electrons. The van der Waals surface area contributed by atoms with Crippen LogP contribution in [-0.4, -0.2) is 31.4 Å². The lowest BCUT2D eigenvalue weighted by Crippen LogP contribution is -2.34. The molecule has 2 N–H and O–H groups in total. The Bertz CT molecular complexity index is 414. The first-order valence-corrected chi connectivity index (χ1v) is 7.69. The van der Waals surface area contributed by atoms with Gasteiger partial charge in [0.25, 0.3) is 0 Å². The molecule has 1 rings (SSSR count). The Hall–Kier alpha value is -1.06. The van der Waals surface area contributed by atoms with Crippen molar-refractivity contribution < 1.29 is 9.84 Å². The predicted octanol–water partition coefficient (Wildman–Crippen LogP) is 3.36. The average Bonchev–Trinajstić information content (AvgIpc) is 2.38. The Morgan fingerprint density at radius 2 is 1.67 bits per heavy atom. The second kappa shape index (κ2) is 7.28. The fraction of sp³-hybridized carbons (Fsp3) is 0.667. The van der Waals surface area contributed by atoms with Crippen molar-refractivity contribution in [2.75, 3.05) is 20.3 Å². The number of likely N-dealkylation sites (N-methyl/N-ethyl adjacent to an activating group) is 1. The van der Waals surface area contributed by atoms with Gasteiger partial charge in [-0.25, -0.2) is 0 Å². The highest BCUT2D eigenvalue weighted by molar-refractivity contribution is 5.31. The number of aliphatic hydroxyl groups is 1. The van der Waals surface area contributed by atoms with Gasteiger partial charge in [-0.15, -0.1) is 0 Å². The van der Waals surface area contributed by atoms with Crippen molar-refractivity contribution in [3.63, 3.8) is 0 Å². The molecule has 0 saturated heterocycles. The third-order valence-electron chi connectivity index (χ3n) is 3.69. The zero-order valence-corrected chi connectivity index (χ0v) is 14.4. The van der Waals surface area contributed by atoms with Crippen LogP contribution in [0, 0.1) is 5.41 Å². The predicted molar refractivity (Wildman–Crippen MR) is 89.0 cm³/mol. The van der Waals surface area contributed by atoms with Gasteiger partial charge in [0, 0.05) is 0 Å². The fourth-order valence-electron chi connectivity index (χ4n) is 2.85. The van der Waals surface area contributed by atoms with Crippen LogP contribution in [0.1, 0.15) is 46.6 Å². The summed E-state index contributed by atoms with van der Waals surface area (Å²) < 4.78 is 5.70. The van der Waals surface area contributed by atoms with Crippen molar-refractivity contribution in [2.45, 2.75) is 52.5 Å². The minimum Gasteiger partial charge on any atom is -0.492 e. The number of aliphatic hydroxyl groups excluding tert-OH is 1. The molecular weight excluding hydrogens is 262 g/mol. The highest BCUT2D eigenvalue weighted by Gasteiger charge is 2.27. The molecule has 0 fully saturated rings. The minimum absolute atomic E-state index is 0.0259. The molecule has 1 aromatic rings. The molecule has 0 aliphatic heterocycles. The first kappa shape index (κ1) is 18.0. The molecular formula is C18H31NO2. The van der Waals surface area contributed by atoms with Gasteiger partial charge in [-0.1, -0.05) is 46.8 Å². The van der Waals surface area contributed by atoms with Crippen molar-refractivity contribution in [1.29, 1.82) is 0 Å². The fourth-order valence-corrected chi connectivity index (χ4v) is 2.85. The summed E-state index contributed by atoms with van der Waals surface area (Å²) >= 11 is 0. The summed E-state index contributed by atoms with van der Waals surface area (Å²) in [4.78, 5) is 0. The molecule has 3 nitrogen and oxygen atoms in total. The Labute approximate surface area is 129 Å².